The molecule has 0 atom stereocenters. The average molecular weight is 284 g/mol. The summed E-state index contributed by atoms with van der Waals surface area (Å²) in [6, 6.07) is 2.38. The second-order valence-corrected chi connectivity index (χ2v) is 5.56. The molecular formula is C14H22ClN3O. The molecule has 106 valence electrons. The third-order valence-electron chi connectivity index (χ3n) is 3.28. The minimum absolute atomic E-state index is 0.128. The molecule has 0 aliphatic heterocycles. The zero-order valence-corrected chi connectivity index (χ0v) is 12.4. The van der Waals surface area contributed by atoms with E-state index in [1.54, 1.807) is 6.20 Å². The zero-order chi connectivity index (χ0) is 13.7. The molecule has 1 aromatic heterocycles. The van der Waals surface area contributed by atoms with Crippen LogP contribution in [-0.2, 0) is 0 Å². The molecule has 0 unspecified atom stereocenters. The van der Waals surface area contributed by atoms with Gasteiger partial charge in [-0.3, -0.25) is 0 Å². The Morgan fingerprint density at radius 3 is 2.84 bits per heavy atom. The summed E-state index contributed by atoms with van der Waals surface area (Å²) in [4.78, 5) is 11.2. The number of halogens is 1. The summed E-state index contributed by atoms with van der Waals surface area (Å²) < 4.78 is 5.64. The minimum Gasteiger partial charge on any atom is -0.475 e. The quantitative estimate of drug-likeness (QED) is 0.720. The first-order valence-corrected chi connectivity index (χ1v) is 7.56. The first-order valence-electron chi connectivity index (χ1n) is 7.03. The maximum absolute atomic E-state index is 5.81. The van der Waals surface area contributed by atoms with Gasteiger partial charge in [-0.1, -0.05) is 0 Å². The third kappa shape index (κ3) is 3.96. The molecular weight excluding hydrogens is 262 g/mol. The van der Waals surface area contributed by atoms with Crippen molar-refractivity contribution in [2.45, 2.75) is 51.7 Å². The lowest BCUT2D eigenvalue weighted by Crippen LogP contribution is -2.42. The summed E-state index contributed by atoms with van der Waals surface area (Å²) in [6.07, 6.45) is 6.59. The minimum atomic E-state index is 0.128. The Hall–Kier alpha value is -1.03. The van der Waals surface area contributed by atoms with Gasteiger partial charge in [-0.2, -0.15) is 4.98 Å². The van der Waals surface area contributed by atoms with Crippen LogP contribution in [0.25, 0.3) is 0 Å². The molecule has 0 aromatic carbocycles. The van der Waals surface area contributed by atoms with Gasteiger partial charge < -0.3 is 9.64 Å². The summed E-state index contributed by atoms with van der Waals surface area (Å²) >= 11 is 5.81. The summed E-state index contributed by atoms with van der Waals surface area (Å²) in [6.45, 7) is 4.91. The molecule has 0 N–H and O–H groups in total. The van der Waals surface area contributed by atoms with E-state index in [0.29, 0.717) is 17.8 Å². The molecule has 0 bridgehead atoms. The van der Waals surface area contributed by atoms with E-state index in [2.05, 4.69) is 14.9 Å². The standard InChI is InChI=1S/C14H22ClN3O/c1-11(2)19-13-7-9-16-14(17-13)18(10-4-8-15)12-5-3-6-12/h7,9,11-12H,3-6,8,10H2,1-2H3. The van der Waals surface area contributed by atoms with Gasteiger partial charge in [-0.15, -0.1) is 11.6 Å². The van der Waals surface area contributed by atoms with Crippen molar-refractivity contribution in [1.29, 1.82) is 0 Å². The molecule has 1 aromatic rings. The van der Waals surface area contributed by atoms with Gasteiger partial charge in [-0.05, 0) is 39.5 Å². The van der Waals surface area contributed by atoms with Crippen LogP contribution in [0.1, 0.15) is 39.5 Å². The van der Waals surface area contributed by atoms with Crippen molar-refractivity contribution in [3.05, 3.63) is 12.3 Å². The van der Waals surface area contributed by atoms with Gasteiger partial charge in [0.2, 0.25) is 11.8 Å². The highest BCUT2D eigenvalue weighted by atomic mass is 35.5. The van der Waals surface area contributed by atoms with Crippen LogP contribution < -0.4 is 9.64 Å². The number of hydrogen-bond donors (Lipinski definition) is 0. The van der Waals surface area contributed by atoms with Gasteiger partial charge in [0, 0.05) is 30.7 Å². The Balaban J connectivity index is 2.10. The predicted octanol–water partition coefficient (Wildman–Crippen LogP) is 3.25. The highest BCUT2D eigenvalue weighted by Crippen LogP contribution is 2.28. The fraction of sp³-hybridized carbons (Fsp3) is 0.714. The fourth-order valence-electron chi connectivity index (χ4n) is 2.15. The molecule has 0 amide bonds. The van der Waals surface area contributed by atoms with E-state index in [-0.39, 0.29) is 6.10 Å². The zero-order valence-electron chi connectivity index (χ0n) is 11.7. The lowest BCUT2D eigenvalue weighted by molar-refractivity contribution is 0.232. The number of nitrogens with zero attached hydrogens (tertiary/aromatic N) is 3. The second-order valence-electron chi connectivity index (χ2n) is 5.18. The number of ether oxygens (including phenoxy) is 1. The van der Waals surface area contributed by atoms with Crippen LogP contribution in [0.3, 0.4) is 0 Å². The molecule has 1 aliphatic carbocycles. The van der Waals surface area contributed by atoms with Gasteiger partial charge in [0.25, 0.3) is 0 Å². The van der Waals surface area contributed by atoms with Gasteiger partial charge in [-0.25, -0.2) is 4.98 Å². The number of aromatic nitrogens is 2. The van der Waals surface area contributed by atoms with Crippen molar-refractivity contribution in [2.75, 3.05) is 17.3 Å². The average Bonchev–Trinajstić information content (AvgIpc) is 2.31. The first kappa shape index (κ1) is 14.4. The van der Waals surface area contributed by atoms with Crippen LogP contribution in [0.5, 0.6) is 5.88 Å². The van der Waals surface area contributed by atoms with E-state index >= 15 is 0 Å². The van der Waals surface area contributed by atoms with Crippen molar-refractivity contribution < 1.29 is 4.74 Å². The van der Waals surface area contributed by atoms with Crippen molar-refractivity contribution in [1.82, 2.24) is 9.97 Å². The maximum Gasteiger partial charge on any atom is 0.228 e. The Kier molecular flexibility index (Phi) is 5.25. The van der Waals surface area contributed by atoms with Crippen LogP contribution in [0, 0.1) is 0 Å². The van der Waals surface area contributed by atoms with Gasteiger partial charge in [0.05, 0.1) is 6.10 Å². The fourth-order valence-corrected chi connectivity index (χ4v) is 2.27. The van der Waals surface area contributed by atoms with Crippen molar-refractivity contribution in [3.8, 4) is 5.88 Å². The molecule has 0 radical (unpaired) electrons. The molecule has 4 nitrogen and oxygen atoms in total. The highest BCUT2D eigenvalue weighted by molar-refractivity contribution is 6.17. The maximum atomic E-state index is 5.81. The summed E-state index contributed by atoms with van der Waals surface area (Å²) in [5.41, 5.74) is 0. The summed E-state index contributed by atoms with van der Waals surface area (Å²) in [5.74, 6) is 2.09. The van der Waals surface area contributed by atoms with E-state index < -0.39 is 0 Å². The molecule has 1 fully saturated rings. The Bertz CT molecular complexity index is 396. The lowest BCUT2D eigenvalue weighted by Gasteiger charge is -2.37. The normalized spacial score (nSPS) is 15.4. The van der Waals surface area contributed by atoms with Crippen molar-refractivity contribution in [3.63, 3.8) is 0 Å². The Morgan fingerprint density at radius 1 is 1.47 bits per heavy atom. The molecule has 1 heterocycles. The molecule has 0 saturated heterocycles. The van der Waals surface area contributed by atoms with Crippen LogP contribution >= 0.6 is 11.6 Å². The number of hydrogen-bond acceptors (Lipinski definition) is 4. The van der Waals surface area contributed by atoms with Crippen LogP contribution in [0.4, 0.5) is 5.95 Å². The van der Waals surface area contributed by atoms with Crippen molar-refractivity contribution in [2.24, 2.45) is 0 Å². The number of rotatable bonds is 7. The largest absolute Gasteiger partial charge is 0.475 e. The number of alkyl halides is 1. The third-order valence-corrected chi connectivity index (χ3v) is 3.55. The van der Waals surface area contributed by atoms with Crippen LogP contribution in [-0.4, -0.2) is 34.5 Å². The van der Waals surface area contributed by atoms with E-state index in [1.165, 1.54) is 19.3 Å². The lowest BCUT2D eigenvalue weighted by atomic mass is 9.91. The van der Waals surface area contributed by atoms with Crippen molar-refractivity contribution >= 4 is 17.5 Å². The van der Waals surface area contributed by atoms with E-state index in [4.69, 9.17) is 16.3 Å². The van der Waals surface area contributed by atoms with Gasteiger partial charge in [0.1, 0.15) is 0 Å². The van der Waals surface area contributed by atoms with E-state index in [0.717, 1.165) is 18.9 Å². The molecule has 19 heavy (non-hydrogen) atoms. The topological polar surface area (TPSA) is 38.2 Å². The summed E-state index contributed by atoms with van der Waals surface area (Å²) in [5, 5.41) is 0. The highest BCUT2D eigenvalue weighted by Gasteiger charge is 2.26. The SMILES string of the molecule is CC(C)Oc1ccnc(N(CCCCl)C2CCC2)n1. The molecule has 2 rings (SSSR count). The molecule has 1 saturated carbocycles. The van der Waals surface area contributed by atoms with E-state index in [1.807, 2.05) is 19.9 Å². The second kappa shape index (κ2) is 6.94. The van der Waals surface area contributed by atoms with E-state index in [9.17, 15) is 0 Å². The smallest absolute Gasteiger partial charge is 0.228 e. The van der Waals surface area contributed by atoms with Gasteiger partial charge >= 0.3 is 0 Å². The Labute approximate surface area is 120 Å². The summed E-state index contributed by atoms with van der Waals surface area (Å²) in [7, 11) is 0. The predicted molar refractivity (Wildman–Crippen MR) is 78.1 cm³/mol. The monoisotopic (exact) mass is 283 g/mol. The van der Waals surface area contributed by atoms with Crippen LogP contribution in [0.2, 0.25) is 0 Å². The van der Waals surface area contributed by atoms with Gasteiger partial charge in [0.15, 0.2) is 0 Å². The molecule has 5 heteroatoms. The first-order chi connectivity index (χ1) is 9.20. The molecule has 0 spiro atoms. The molecule has 1 aliphatic rings. The van der Waals surface area contributed by atoms with Crippen LogP contribution in [0.15, 0.2) is 12.3 Å². The Morgan fingerprint density at radius 2 is 2.26 bits per heavy atom. The number of anilines is 1.